The molecule has 2 aromatic carbocycles. The van der Waals surface area contributed by atoms with Crippen LogP contribution in [-0.2, 0) is 13.2 Å². The van der Waals surface area contributed by atoms with Gasteiger partial charge in [0.2, 0.25) is 0 Å². The predicted octanol–water partition coefficient (Wildman–Crippen LogP) is 4.34. The number of fused-ring (bicyclic) bond motifs is 1. The van der Waals surface area contributed by atoms with Crippen molar-refractivity contribution >= 4 is 11.3 Å². The minimum atomic E-state index is 0.338. The molecule has 2 heterocycles. The zero-order valence-electron chi connectivity index (χ0n) is 13.9. The molecule has 1 N–H and O–H groups in total. The summed E-state index contributed by atoms with van der Waals surface area (Å²) in [6, 6.07) is 16.8. The molecule has 5 heteroatoms. The van der Waals surface area contributed by atoms with Crippen molar-refractivity contribution in [3.63, 3.8) is 0 Å². The Hall–Kier alpha value is -2.37. The van der Waals surface area contributed by atoms with Crippen LogP contribution in [0, 0.1) is 0 Å². The summed E-state index contributed by atoms with van der Waals surface area (Å²) in [7, 11) is 0. The monoisotopic (exact) mass is 352 g/mol. The van der Waals surface area contributed by atoms with E-state index >= 15 is 0 Å². The average Bonchev–Trinajstić information content (AvgIpc) is 3.19. The zero-order chi connectivity index (χ0) is 16.9. The van der Waals surface area contributed by atoms with E-state index in [0.717, 1.165) is 36.8 Å². The molecule has 25 heavy (non-hydrogen) atoms. The van der Waals surface area contributed by atoms with E-state index in [1.807, 2.05) is 35.2 Å². The smallest absolute Gasteiger partial charge is 0.131 e. The summed E-state index contributed by atoms with van der Waals surface area (Å²) < 4.78 is 11.5. The van der Waals surface area contributed by atoms with Crippen molar-refractivity contribution in [2.24, 2.45) is 0 Å². The maximum Gasteiger partial charge on any atom is 0.131 e. The molecule has 0 saturated carbocycles. The average molecular weight is 352 g/mol. The first kappa shape index (κ1) is 16.1. The molecule has 0 aliphatic carbocycles. The summed E-state index contributed by atoms with van der Waals surface area (Å²) in [5.74, 6) is 1.87. The Morgan fingerprint density at radius 2 is 2.04 bits per heavy atom. The molecule has 0 fully saturated rings. The molecule has 3 aromatic rings. The standard InChI is InChI=1S/C20H20N2O2S/c1-2-4-20-18(3-1)19(9-10-23-20)21-11-15-5-7-17(8-6-15)24-12-16-13-25-14-22-16/h1-8,13-14,19,21H,9-12H2. The SMILES string of the molecule is c1ccc2c(c1)OCCC2NCc1ccc(OCc2cscn2)cc1. The van der Waals surface area contributed by atoms with E-state index in [-0.39, 0.29) is 0 Å². The van der Waals surface area contributed by atoms with Crippen LogP contribution in [-0.4, -0.2) is 11.6 Å². The van der Waals surface area contributed by atoms with Gasteiger partial charge in [0.1, 0.15) is 18.1 Å². The highest BCUT2D eigenvalue weighted by Gasteiger charge is 2.20. The van der Waals surface area contributed by atoms with Gasteiger partial charge < -0.3 is 14.8 Å². The van der Waals surface area contributed by atoms with Gasteiger partial charge in [-0.25, -0.2) is 4.98 Å². The third-order valence-corrected chi connectivity index (χ3v) is 4.94. The molecule has 0 bridgehead atoms. The van der Waals surface area contributed by atoms with Gasteiger partial charge in [0.05, 0.1) is 17.8 Å². The second-order valence-corrected chi connectivity index (χ2v) is 6.74. The van der Waals surface area contributed by atoms with Gasteiger partial charge in [-0.2, -0.15) is 0 Å². The van der Waals surface area contributed by atoms with Gasteiger partial charge in [0, 0.05) is 30.0 Å². The Morgan fingerprint density at radius 3 is 2.88 bits per heavy atom. The molecular formula is C20H20N2O2S. The molecule has 0 amide bonds. The van der Waals surface area contributed by atoms with E-state index in [9.17, 15) is 0 Å². The van der Waals surface area contributed by atoms with E-state index in [1.54, 1.807) is 11.3 Å². The van der Waals surface area contributed by atoms with Crippen LogP contribution in [0.3, 0.4) is 0 Å². The number of nitrogens with zero attached hydrogens (tertiary/aromatic N) is 1. The molecule has 128 valence electrons. The summed E-state index contributed by atoms with van der Waals surface area (Å²) in [6.45, 7) is 2.10. The molecule has 0 spiro atoms. The summed E-state index contributed by atoms with van der Waals surface area (Å²) in [4.78, 5) is 4.22. The Kier molecular flexibility index (Phi) is 4.95. The predicted molar refractivity (Wildman–Crippen MR) is 99.0 cm³/mol. The fourth-order valence-corrected chi connectivity index (χ4v) is 3.51. The van der Waals surface area contributed by atoms with Gasteiger partial charge in [0.25, 0.3) is 0 Å². The molecule has 1 aliphatic rings. The summed E-state index contributed by atoms with van der Waals surface area (Å²) in [5.41, 5.74) is 5.28. The third-order valence-electron chi connectivity index (χ3n) is 4.30. The number of rotatable bonds is 6. The third kappa shape index (κ3) is 4.00. The van der Waals surface area contributed by atoms with Crippen molar-refractivity contribution in [2.75, 3.05) is 6.61 Å². The number of benzene rings is 2. The largest absolute Gasteiger partial charge is 0.493 e. The quantitative estimate of drug-likeness (QED) is 0.717. The normalized spacial score (nSPS) is 16.1. The van der Waals surface area contributed by atoms with Crippen molar-refractivity contribution < 1.29 is 9.47 Å². The molecule has 1 atom stereocenters. The minimum absolute atomic E-state index is 0.338. The van der Waals surface area contributed by atoms with Crippen LogP contribution in [0.25, 0.3) is 0 Å². The van der Waals surface area contributed by atoms with E-state index in [0.29, 0.717) is 12.6 Å². The number of para-hydroxylation sites is 1. The van der Waals surface area contributed by atoms with Gasteiger partial charge in [-0.15, -0.1) is 11.3 Å². The second-order valence-electron chi connectivity index (χ2n) is 6.02. The van der Waals surface area contributed by atoms with Gasteiger partial charge in [-0.05, 0) is 23.8 Å². The Bertz CT molecular complexity index is 803. The first-order valence-corrected chi connectivity index (χ1v) is 9.37. The van der Waals surface area contributed by atoms with Crippen LogP contribution < -0.4 is 14.8 Å². The van der Waals surface area contributed by atoms with Crippen LogP contribution in [0.4, 0.5) is 0 Å². The maximum atomic E-state index is 5.75. The highest BCUT2D eigenvalue weighted by atomic mass is 32.1. The molecule has 0 saturated heterocycles. The van der Waals surface area contributed by atoms with Crippen LogP contribution in [0.2, 0.25) is 0 Å². The van der Waals surface area contributed by atoms with Crippen LogP contribution in [0.15, 0.2) is 59.4 Å². The number of thiazole rings is 1. The highest BCUT2D eigenvalue weighted by Crippen LogP contribution is 2.31. The number of hydrogen-bond donors (Lipinski definition) is 1. The summed E-state index contributed by atoms with van der Waals surface area (Å²) >= 11 is 1.58. The molecule has 1 aromatic heterocycles. The van der Waals surface area contributed by atoms with Crippen LogP contribution >= 0.6 is 11.3 Å². The van der Waals surface area contributed by atoms with E-state index < -0.39 is 0 Å². The van der Waals surface area contributed by atoms with Crippen LogP contribution in [0.1, 0.15) is 29.3 Å². The molecule has 4 nitrogen and oxygen atoms in total. The maximum absolute atomic E-state index is 5.75. The summed E-state index contributed by atoms with van der Waals surface area (Å²) in [6.07, 6.45) is 0.992. The number of nitrogens with one attached hydrogen (secondary N) is 1. The first-order chi connectivity index (χ1) is 12.4. The number of hydrogen-bond acceptors (Lipinski definition) is 5. The van der Waals surface area contributed by atoms with Crippen molar-refractivity contribution in [1.82, 2.24) is 10.3 Å². The molecule has 1 aliphatic heterocycles. The minimum Gasteiger partial charge on any atom is -0.493 e. The van der Waals surface area contributed by atoms with E-state index in [1.165, 1.54) is 11.1 Å². The summed E-state index contributed by atoms with van der Waals surface area (Å²) in [5, 5.41) is 5.64. The molecule has 0 radical (unpaired) electrons. The van der Waals surface area contributed by atoms with Gasteiger partial charge in [-0.3, -0.25) is 0 Å². The van der Waals surface area contributed by atoms with Crippen LogP contribution in [0.5, 0.6) is 11.5 Å². The highest BCUT2D eigenvalue weighted by molar-refractivity contribution is 7.07. The molecular weight excluding hydrogens is 332 g/mol. The first-order valence-electron chi connectivity index (χ1n) is 8.42. The topological polar surface area (TPSA) is 43.4 Å². The lowest BCUT2D eigenvalue weighted by molar-refractivity contribution is 0.252. The lowest BCUT2D eigenvalue weighted by Crippen LogP contribution is -2.26. The van der Waals surface area contributed by atoms with E-state index in [4.69, 9.17) is 9.47 Å². The van der Waals surface area contributed by atoms with Crippen molar-refractivity contribution in [3.8, 4) is 11.5 Å². The number of aromatic nitrogens is 1. The number of ether oxygens (including phenoxy) is 2. The van der Waals surface area contributed by atoms with Crippen molar-refractivity contribution in [1.29, 1.82) is 0 Å². The zero-order valence-corrected chi connectivity index (χ0v) is 14.7. The Morgan fingerprint density at radius 1 is 1.16 bits per heavy atom. The van der Waals surface area contributed by atoms with Gasteiger partial charge in [0.15, 0.2) is 0 Å². The fourth-order valence-electron chi connectivity index (χ4n) is 2.96. The Balaban J connectivity index is 1.33. The van der Waals surface area contributed by atoms with Gasteiger partial charge in [-0.1, -0.05) is 30.3 Å². The fraction of sp³-hybridized carbons (Fsp3) is 0.250. The lowest BCUT2D eigenvalue weighted by atomic mass is 10.0. The Labute approximate surface area is 151 Å². The molecule has 1 unspecified atom stereocenters. The van der Waals surface area contributed by atoms with Crippen molar-refractivity contribution in [3.05, 3.63) is 76.2 Å². The van der Waals surface area contributed by atoms with Crippen molar-refractivity contribution in [2.45, 2.75) is 25.6 Å². The lowest BCUT2D eigenvalue weighted by Gasteiger charge is -2.26. The van der Waals surface area contributed by atoms with Gasteiger partial charge >= 0.3 is 0 Å². The second kappa shape index (κ2) is 7.68. The van der Waals surface area contributed by atoms with E-state index in [2.05, 4.69) is 34.6 Å². The molecule has 4 rings (SSSR count).